The molecule has 0 aliphatic carbocycles. The van der Waals surface area contributed by atoms with Crippen LogP contribution >= 0.6 is 0 Å². The molecule has 2 unspecified atom stereocenters. The first-order chi connectivity index (χ1) is 17.2. The van der Waals surface area contributed by atoms with Crippen LogP contribution in [0.5, 0.6) is 11.5 Å². The molecular formula is C24H24O12. The number of benzene rings is 2. The third kappa shape index (κ3) is 4.60. The van der Waals surface area contributed by atoms with Crippen LogP contribution in [0.15, 0.2) is 72.2 Å². The summed E-state index contributed by atoms with van der Waals surface area (Å²) in [5.74, 6) is -6.65. The van der Waals surface area contributed by atoms with Crippen molar-refractivity contribution in [3.8, 4) is 11.5 Å². The minimum Gasteiger partial charge on any atom is -0.453 e. The Kier molecular flexibility index (Phi) is 8.20. The van der Waals surface area contributed by atoms with Crippen molar-refractivity contribution in [3.05, 3.63) is 72.2 Å². The molecule has 192 valence electrons. The number of carbonyl (C=O) groups is 3. The van der Waals surface area contributed by atoms with Gasteiger partial charge < -0.3 is 44.8 Å². The van der Waals surface area contributed by atoms with E-state index in [0.29, 0.717) is 0 Å². The number of cyclic esters (lactones) is 1. The Hall–Kier alpha value is -3.65. The molecule has 1 aliphatic heterocycles. The number of para-hydroxylation sites is 2. The summed E-state index contributed by atoms with van der Waals surface area (Å²) in [6.07, 6.45) is -4.71. The molecule has 6 N–H and O–H groups in total. The van der Waals surface area contributed by atoms with Crippen molar-refractivity contribution in [1.82, 2.24) is 0 Å². The number of hydrogen-bond acceptors (Lipinski definition) is 12. The zero-order valence-electron chi connectivity index (χ0n) is 18.7. The van der Waals surface area contributed by atoms with Crippen LogP contribution in [0.3, 0.4) is 0 Å². The van der Waals surface area contributed by atoms with Gasteiger partial charge in [-0.1, -0.05) is 36.4 Å². The summed E-state index contributed by atoms with van der Waals surface area (Å²) in [5.41, 5.74) is -6.86. The van der Waals surface area contributed by atoms with E-state index in [2.05, 4.69) is 0 Å². The third-order valence-electron chi connectivity index (χ3n) is 5.40. The molecule has 1 aliphatic rings. The number of ketones is 2. The monoisotopic (exact) mass is 504 g/mol. The number of ether oxygens (including phenoxy) is 3. The van der Waals surface area contributed by atoms with Crippen LogP contribution in [0, 0.1) is 0 Å². The van der Waals surface area contributed by atoms with Crippen LogP contribution in [0.4, 0.5) is 0 Å². The molecule has 0 aromatic heterocycles. The van der Waals surface area contributed by atoms with Gasteiger partial charge >= 0.3 is 5.97 Å². The first-order valence-electron chi connectivity index (χ1n) is 10.6. The standard InChI is InChI=1S/C24H24O12/c25-11-16(28)19(30)23(33,13-27)24(20(31)17(29)12-26)21(35-15-9-5-2-6-10-15)18(22(32)36-24)34-14-7-3-1-4-8-14/h1-10,16-17,25-29,33H,11-13H2/t16?,17?,23-,24+/m1/s1. The molecule has 2 aromatic carbocycles. The van der Waals surface area contributed by atoms with E-state index in [1.54, 1.807) is 24.3 Å². The second-order valence-corrected chi connectivity index (χ2v) is 7.70. The Balaban J connectivity index is 2.35. The largest absolute Gasteiger partial charge is 0.453 e. The quantitative estimate of drug-likeness (QED) is 0.178. The maximum atomic E-state index is 13.4. The lowest BCUT2D eigenvalue weighted by atomic mass is 9.73. The van der Waals surface area contributed by atoms with Gasteiger partial charge in [0.2, 0.25) is 22.9 Å². The smallest absolute Gasteiger partial charge is 0.379 e. The molecule has 0 fully saturated rings. The predicted molar refractivity (Wildman–Crippen MR) is 118 cm³/mol. The Morgan fingerprint density at radius 1 is 0.861 bits per heavy atom. The topological polar surface area (TPSA) is 200 Å². The zero-order chi connectivity index (χ0) is 26.5. The molecule has 3 rings (SSSR count). The molecule has 0 bridgehead atoms. The summed E-state index contributed by atoms with van der Waals surface area (Å²) in [4.78, 5) is 39.5. The van der Waals surface area contributed by atoms with Gasteiger partial charge in [-0.15, -0.1) is 0 Å². The summed E-state index contributed by atoms with van der Waals surface area (Å²) in [6, 6.07) is 14.9. The summed E-state index contributed by atoms with van der Waals surface area (Å²) in [5, 5.41) is 60.4. The summed E-state index contributed by atoms with van der Waals surface area (Å²) in [6.45, 7) is -4.14. The van der Waals surface area contributed by atoms with E-state index in [1.807, 2.05) is 0 Å². The van der Waals surface area contributed by atoms with E-state index in [1.165, 1.54) is 36.4 Å². The summed E-state index contributed by atoms with van der Waals surface area (Å²) >= 11 is 0. The van der Waals surface area contributed by atoms with Crippen LogP contribution in [0.1, 0.15) is 0 Å². The lowest BCUT2D eigenvalue weighted by Crippen LogP contribution is -2.71. The highest BCUT2D eigenvalue weighted by atomic mass is 16.6. The number of hydrogen-bond donors (Lipinski definition) is 6. The molecular weight excluding hydrogens is 480 g/mol. The van der Waals surface area contributed by atoms with Gasteiger partial charge in [-0.05, 0) is 24.3 Å². The van der Waals surface area contributed by atoms with Crippen molar-refractivity contribution >= 4 is 17.5 Å². The number of carbonyl (C=O) groups excluding carboxylic acids is 3. The first kappa shape index (κ1) is 26.9. The van der Waals surface area contributed by atoms with Gasteiger partial charge in [0.1, 0.15) is 23.7 Å². The van der Waals surface area contributed by atoms with E-state index in [9.17, 15) is 45.0 Å². The van der Waals surface area contributed by atoms with Crippen LogP contribution in [-0.2, 0) is 19.1 Å². The van der Waals surface area contributed by atoms with Gasteiger partial charge in [0.15, 0.2) is 0 Å². The van der Waals surface area contributed by atoms with Gasteiger partial charge in [0.05, 0.1) is 19.8 Å². The fourth-order valence-corrected chi connectivity index (χ4v) is 3.58. The molecule has 0 saturated heterocycles. The maximum absolute atomic E-state index is 13.4. The minimum absolute atomic E-state index is 0.0406. The molecule has 12 heteroatoms. The van der Waals surface area contributed by atoms with Gasteiger partial charge in [-0.3, -0.25) is 9.59 Å². The number of aliphatic hydroxyl groups excluding tert-OH is 5. The number of rotatable bonds is 12. The van der Waals surface area contributed by atoms with E-state index < -0.39 is 72.3 Å². The SMILES string of the molecule is O=C1O[C@](C(=O)C(O)CO)([C@@](O)(CO)C(=O)C(O)CO)C(Oc2ccccc2)=C1Oc1ccccc1. The molecule has 0 radical (unpaired) electrons. The number of esters is 1. The van der Waals surface area contributed by atoms with Crippen LogP contribution < -0.4 is 9.47 Å². The normalized spacial score (nSPS) is 20.8. The Morgan fingerprint density at radius 3 is 1.83 bits per heavy atom. The van der Waals surface area contributed by atoms with Crippen molar-refractivity contribution < 1.29 is 59.2 Å². The molecule has 0 amide bonds. The second kappa shape index (κ2) is 11.0. The Morgan fingerprint density at radius 2 is 1.36 bits per heavy atom. The first-order valence-corrected chi connectivity index (χ1v) is 10.6. The average Bonchev–Trinajstić information content (AvgIpc) is 3.19. The lowest BCUT2D eigenvalue weighted by Gasteiger charge is -2.41. The summed E-state index contributed by atoms with van der Waals surface area (Å²) in [7, 11) is 0. The Labute approximate surface area is 204 Å². The number of Topliss-reactive ketones (excluding diaryl/α,β-unsaturated/α-hetero) is 2. The predicted octanol–water partition coefficient (Wildman–Crippen LogP) is -1.78. The van der Waals surface area contributed by atoms with Crippen LogP contribution in [0.2, 0.25) is 0 Å². The molecule has 0 saturated carbocycles. The van der Waals surface area contributed by atoms with Gasteiger partial charge in [0, 0.05) is 0 Å². The number of aliphatic hydroxyl groups is 6. The second-order valence-electron chi connectivity index (χ2n) is 7.70. The van der Waals surface area contributed by atoms with E-state index >= 15 is 0 Å². The molecule has 36 heavy (non-hydrogen) atoms. The lowest BCUT2D eigenvalue weighted by molar-refractivity contribution is -0.205. The van der Waals surface area contributed by atoms with Crippen LogP contribution in [0.25, 0.3) is 0 Å². The molecule has 4 atom stereocenters. The zero-order valence-corrected chi connectivity index (χ0v) is 18.7. The minimum atomic E-state index is -3.51. The average molecular weight is 504 g/mol. The fourth-order valence-electron chi connectivity index (χ4n) is 3.58. The molecule has 2 aromatic rings. The highest BCUT2D eigenvalue weighted by Crippen LogP contribution is 2.45. The molecule has 12 nitrogen and oxygen atoms in total. The highest BCUT2D eigenvalue weighted by Gasteiger charge is 2.72. The van der Waals surface area contributed by atoms with Gasteiger partial charge in [0.25, 0.3) is 11.4 Å². The van der Waals surface area contributed by atoms with E-state index in [4.69, 9.17) is 14.2 Å². The third-order valence-corrected chi connectivity index (χ3v) is 5.40. The van der Waals surface area contributed by atoms with Crippen molar-refractivity contribution in [2.45, 2.75) is 23.4 Å². The van der Waals surface area contributed by atoms with E-state index in [-0.39, 0.29) is 11.5 Å². The summed E-state index contributed by atoms with van der Waals surface area (Å²) < 4.78 is 16.4. The maximum Gasteiger partial charge on any atom is 0.379 e. The van der Waals surface area contributed by atoms with Crippen molar-refractivity contribution in [2.75, 3.05) is 19.8 Å². The van der Waals surface area contributed by atoms with Crippen molar-refractivity contribution in [2.24, 2.45) is 0 Å². The molecule has 0 spiro atoms. The molecule has 1 heterocycles. The van der Waals surface area contributed by atoms with Gasteiger partial charge in [-0.25, -0.2) is 4.79 Å². The highest BCUT2D eigenvalue weighted by molar-refractivity contribution is 6.09. The fraction of sp³-hybridized carbons (Fsp3) is 0.292. The van der Waals surface area contributed by atoms with E-state index in [0.717, 1.165) is 0 Å². The van der Waals surface area contributed by atoms with Crippen LogP contribution in [-0.4, -0.2) is 91.4 Å². The van der Waals surface area contributed by atoms with Crippen molar-refractivity contribution in [1.29, 1.82) is 0 Å². The van der Waals surface area contributed by atoms with Crippen molar-refractivity contribution in [3.63, 3.8) is 0 Å². The Bertz CT molecular complexity index is 1130. The van der Waals surface area contributed by atoms with Gasteiger partial charge in [-0.2, -0.15) is 0 Å².